The van der Waals surface area contributed by atoms with Gasteiger partial charge in [0.1, 0.15) is 13.2 Å². The maximum atomic E-state index is 5.32. The van der Waals surface area contributed by atoms with Crippen LogP contribution in [0.3, 0.4) is 0 Å². The van der Waals surface area contributed by atoms with Crippen molar-refractivity contribution in [1.82, 2.24) is 4.98 Å². The molecule has 0 amide bonds. The van der Waals surface area contributed by atoms with E-state index in [1.54, 1.807) is 6.20 Å². The van der Waals surface area contributed by atoms with E-state index in [4.69, 9.17) is 9.47 Å². The number of aromatic nitrogens is 1. The lowest BCUT2D eigenvalue weighted by Crippen LogP contribution is -2.16. The Balaban J connectivity index is 2.43. The topological polar surface area (TPSA) is 31.4 Å². The van der Waals surface area contributed by atoms with Gasteiger partial charge < -0.3 is 9.47 Å². The lowest BCUT2D eigenvalue weighted by Gasteiger charge is -2.16. The Morgan fingerprint density at radius 3 is 3.09 bits per heavy atom. The van der Waals surface area contributed by atoms with Crippen LogP contribution in [0.4, 0.5) is 0 Å². The zero-order valence-electron chi connectivity index (χ0n) is 6.33. The summed E-state index contributed by atoms with van der Waals surface area (Å²) < 4.78 is 10.6. The summed E-state index contributed by atoms with van der Waals surface area (Å²) in [5, 5.41) is 0. The molecule has 0 saturated heterocycles. The Kier molecular flexibility index (Phi) is 1.42. The molecule has 3 heteroatoms. The van der Waals surface area contributed by atoms with Crippen LogP contribution in [0.15, 0.2) is 12.3 Å². The van der Waals surface area contributed by atoms with Crippen LogP contribution in [0.5, 0.6) is 11.6 Å². The van der Waals surface area contributed by atoms with E-state index in [1.807, 2.05) is 13.0 Å². The first-order valence-electron chi connectivity index (χ1n) is 3.58. The third-order valence-corrected chi connectivity index (χ3v) is 1.53. The Labute approximate surface area is 65.0 Å². The fourth-order valence-electron chi connectivity index (χ4n) is 1.03. The van der Waals surface area contributed by atoms with Gasteiger partial charge in [0.15, 0.2) is 5.75 Å². The van der Waals surface area contributed by atoms with E-state index in [2.05, 4.69) is 4.98 Å². The van der Waals surface area contributed by atoms with Gasteiger partial charge in [0, 0.05) is 6.20 Å². The van der Waals surface area contributed by atoms with Gasteiger partial charge in [-0.25, -0.2) is 4.98 Å². The molecule has 0 N–H and O–H groups in total. The van der Waals surface area contributed by atoms with E-state index in [0.29, 0.717) is 19.1 Å². The highest BCUT2D eigenvalue weighted by Crippen LogP contribution is 2.27. The summed E-state index contributed by atoms with van der Waals surface area (Å²) >= 11 is 0. The van der Waals surface area contributed by atoms with E-state index in [0.717, 1.165) is 11.3 Å². The average Bonchev–Trinajstić information content (AvgIpc) is 2.04. The fourth-order valence-corrected chi connectivity index (χ4v) is 1.03. The molecule has 1 aliphatic rings. The predicted octanol–water partition coefficient (Wildman–Crippen LogP) is 1.16. The van der Waals surface area contributed by atoms with Crippen molar-refractivity contribution in [3.63, 3.8) is 0 Å². The van der Waals surface area contributed by atoms with Gasteiger partial charge in [-0.1, -0.05) is 0 Å². The maximum absolute atomic E-state index is 5.32. The second-order valence-electron chi connectivity index (χ2n) is 2.51. The molecule has 1 aromatic rings. The van der Waals surface area contributed by atoms with Gasteiger partial charge in [-0.2, -0.15) is 0 Å². The molecular weight excluding hydrogens is 142 g/mol. The number of pyridine rings is 1. The number of hydrogen-bond donors (Lipinski definition) is 0. The maximum Gasteiger partial charge on any atom is 0.257 e. The minimum Gasteiger partial charge on any atom is -0.484 e. The summed E-state index contributed by atoms with van der Waals surface area (Å²) in [6.45, 7) is 3.20. The standard InChI is InChI=1S/C8H9NO2/c1-6-4-7-8(9-5-6)11-3-2-10-7/h4-5H,2-3H2,1H3. The van der Waals surface area contributed by atoms with E-state index in [-0.39, 0.29) is 0 Å². The highest BCUT2D eigenvalue weighted by molar-refractivity contribution is 5.36. The Morgan fingerprint density at radius 1 is 1.36 bits per heavy atom. The van der Waals surface area contributed by atoms with Crippen LogP contribution >= 0.6 is 0 Å². The van der Waals surface area contributed by atoms with Gasteiger partial charge in [-0.15, -0.1) is 0 Å². The van der Waals surface area contributed by atoms with Crippen LogP contribution in [0.1, 0.15) is 5.56 Å². The van der Waals surface area contributed by atoms with Crippen molar-refractivity contribution < 1.29 is 9.47 Å². The summed E-state index contributed by atoms with van der Waals surface area (Å²) in [4.78, 5) is 4.07. The van der Waals surface area contributed by atoms with Crippen LogP contribution < -0.4 is 9.47 Å². The van der Waals surface area contributed by atoms with E-state index >= 15 is 0 Å². The number of aryl methyl sites for hydroxylation is 1. The molecule has 0 bridgehead atoms. The normalized spacial score (nSPS) is 14.6. The number of nitrogens with zero attached hydrogens (tertiary/aromatic N) is 1. The number of ether oxygens (including phenoxy) is 2. The quantitative estimate of drug-likeness (QED) is 0.557. The predicted molar refractivity (Wildman–Crippen MR) is 40.0 cm³/mol. The second kappa shape index (κ2) is 2.42. The van der Waals surface area contributed by atoms with Gasteiger partial charge in [0.2, 0.25) is 0 Å². The van der Waals surface area contributed by atoms with E-state index in [9.17, 15) is 0 Å². The first-order chi connectivity index (χ1) is 5.36. The number of hydrogen-bond acceptors (Lipinski definition) is 3. The van der Waals surface area contributed by atoms with Crippen LogP contribution in [-0.2, 0) is 0 Å². The Morgan fingerprint density at radius 2 is 2.18 bits per heavy atom. The first-order valence-corrected chi connectivity index (χ1v) is 3.58. The number of rotatable bonds is 0. The van der Waals surface area contributed by atoms with Crippen molar-refractivity contribution in [2.75, 3.05) is 13.2 Å². The van der Waals surface area contributed by atoms with Crippen molar-refractivity contribution in [3.05, 3.63) is 17.8 Å². The van der Waals surface area contributed by atoms with Crippen molar-refractivity contribution in [1.29, 1.82) is 0 Å². The smallest absolute Gasteiger partial charge is 0.257 e. The lowest BCUT2D eigenvalue weighted by atomic mass is 10.3. The minimum absolute atomic E-state index is 0.600. The van der Waals surface area contributed by atoms with Crippen molar-refractivity contribution in [2.45, 2.75) is 6.92 Å². The summed E-state index contributed by atoms with van der Waals surface area (Å²) in [6.07, 6.45) is 1.77. The zero-order chi connectivity index (χ0) is 7.68. The molecule has 11 heavy (non-hydrogen) atoms. The molecule has 0 unspecified atom stereocenters. The average molecular weight is 151 g/mol. The highest BCUT2D eigenvalue weighted by Gasteiger charge is 2.11. The molecule has 58 valence electrons. The molecule has 1 aliphatic heterocycles. The SMILES string of the molecule is Cc1cnc2c(c1)OCCO2. The summed E-state index contributed by atoms with van der Waals surface area (Å²) in [5.74, 6) is 1.37. The molecule has 0 saturated carbocycles. The van der Waals surface area contributed by atoms with Gasteiger partial charge in [-0.05, 0) is 18.6 Å². The molecule has 2 rings (SSSR count). The second-order valence-corrected chi connectivity index (χ2v) is 2.51. The minimum atomic E-state index is 0.600. The van der Waals surface area contributed by atoms with Gasteiger partial charge in [-0.3, -0.25) is 0 Å². The van der Waals surface area contributed by atoms with E-state index in [1.165, 1.54) is 0 Å². The summed E-state index contributed by atoms with van der Waals surface area (Å²) in [6, 6.07) is 1.93. The molecule has 1 aromatic heterocycles. The monoisotopic (exact) mass is 151 g/mol. The van der Waals surface area contributed by atoms with Gasteiger partial charge in [0.25, 0.3) is 5.88 Å². The molecule has 0 spiro atoms. The highest BCUT2D eigenvalue weighted by atomic mass is 16.6. The van der Waals surface area contributed by atoms with Crippen LogP contribution in [0, 0.1) is 6.92 Å². The molecule has 0 radical (unpaired) electrons. The van der Waals surface area contributed by atoms with Crippen molar-refractivity contribution in [3.8, 4) is 11.6 Å². The molecule has 0 atom stereocenters. The van der Waals surface area contributed by atoms with Crippen molar-refractivity contribution >= 4 is 0 Å². The molecular formula is C8H9NO2. The lowest BCUT2D eigenvalue weighted by molar-refractivity contribution is 0.164. The van der Waals surface area contributed by atoms with Gasteiger partial charge in [0.05, 0.1) is 0 Å². The summed E-state index contributed by atoms with van der Waals surface area (Å²) in [5.41, 5.74) is 1.09. The Bertz CT molecular complexity index is 273. The molecule has 0 aromatic carbocycles. The molecule has 3 nitrogen and oxygen atoms in total. The third-order valence-electron chi connectivity index (χ3n) is 1.53. The Hall–Kier alpha value is -1.25. The molecule has 2 heterocycles. The first kappa shape index (κ1) is 6.46. The van der Waals surface area contributed by atoms with E-state index < -0.39 is 0 Å². The molecule has 0 fully saturated rings. The van der Waals surface area contributed by atoms with Crippen LogP contribution in [0.25, 0.3) is 0 Å². The largest absolute Gasteiger partial charge is 0.484 e. The third kappa shape index (κ3) is 1.13. The summed E-state index contributed by atoms with van der Waals surface area (Å²) in [7, 11) is 0. The van der Waals surface area contributed by atoms with Crippen LogP contribution in [0.2, 0.25) is 0 Å². The molecule has 0 aliphatic carbocycles. The van der Waals surface area contributed by atoms with Crippen LogP contribution in [-0.4, -0.2) is 18.2 Å². The zero-order valence-corrected chi connectivity index (χ0v) is 6.33. The number of fused-ring (bicyclic) bond motifs is 1. The fraction of sp³-hybridized carbons (Fsp3) is 0.375. The van der Waals surface area contributed by atoms with Crippen molar-refractivity contribution in [2.24, 2.45) is 0 Å². The van der Waals surface area contributed by atoms with Gasteiger partial charge >= 0.3 is 0 Å².